The molecule has 19 heavy (non-hydrogen) atoms. The smallest absolute Gasteiger partial charge is 0.155 e. The van der Waals surface area contributed by atoms with Gasteiger partial charge in [0.25, 0.3) is 0 Å². The Morgan fingerprint density at radius 2 is 2.00 bits per heavy atom. The van der Waals surface area contributed by atoms with Gasteiger partial charge in [0.15, 0.2) is 5.78 Å². The van der Waals surface area contributed by atoms with E-state index in [-0.39, 0.29) is 5.78 Å². The highest BCUT2D eigenvalue weighted by molar-refractivity contribution is 7.10. The summed E-state index contributed by atoms with van der Waals surface area (Å²) in [6.07, 6.45) is 5.36. The molecule has 1 aromatic carbocycles. The van der Waals surface area contributed by atoms with E-state index < -0.39 is 0 Å². The van der Waals surface area contributed by atoms with Crippen molar-refractivity contribution in [1.29, 1.82) is 0 Å². The largest absolute Gasteiger partial charge is 0.295 e. The molecular weight excluding hydrogens is 254 g/mol. The van der Waals surface area contributed by atoms with Gasteiger partial charge in [0, 0.05) is 23.8 Å². The average Bonchev–Trinajstić information content (AvgIpc) is 2.88. The maximum atomic E-state index is 11.4. The van der Waals surface area contributed by atoms with Gasteiger partial charge in [0.2, 0.25) is 0 Å². The third-order valence-electron chi connectivity index (χ3n) is 3.29. The zero-order chi connectivity index (χ0) is 13.1. The van der Waals surface area contributed by atoms with Crippen molar-refractivity contribution in [3.05, 3.63) is 52.4 Å². The van der Waals surface area contributed by atoms with Crippen LogP contribution in [0.2, 0.25) is 0 Å². The van der Waals surface area contributed by atoms with E-state index >= 15 is 0 Å². The number of rotatable bonds is 3. The lowest BCUT2D eigenvalue weighted by Gasteiger charge is -2.09. The van der Waals surface area contributed by atoms with Crippen LogP contribution in [-0.4, -0.2) is 10.8 Å². The van der Waals surface area contributed by atoms with Crippen LogP contribution in [0.4, 0.5) is 0 Å². The van der Waals surface area contributed by atoms with Crippen molar-refractivity contribution in [2.75, 3.05) is 0 Å². The maximum Gasteiger partial charge on any atom is 0.155 e. The number of hydrogen-bond acceptors (Lipinski definition) is 3. The van der Waals surface area contributed by atoms with E-state index in [2.05, 4.69) is 22.5 Å². The van der Waals surface area contributed by atoms with Gasteiger partial charge in [-0.05, 0) is 18.9 Å². The molecule has 1 heterocycles. The highest BCUT2D eigenvalue weighted by Crippen LogP contribution is 2.25. The van der Waals surface area contributed by atoms with E-state index in [0.29, 0.717) is 6.42 Å². The average molecular weight is 269 g/mol. The van der Waals surface area contributed by atoms with Gasteiger partial charge in [-0.1, -0.05) is 35.9 Å². The summed E-state index contributed by atoms with van der Waals surface area (Å²) in [5.74, 6) is 0.265. The van der Waals surface area contributed by atoms with Crippen molar-refractivity contribution in [3.63, 3.8) is 0 Å². The molecule has 2 aromatic rings. The first-order chi connectivity index (χ1) is 9.31. The molecule has 0 amide bonds. The molecular formula is C16H15NOS. The molecule has 0 spiro atoms. The molecule has 1 aliphatic carbocycles. The van der Waals surface area contributed by atoms with Crippen molar-refractivity contribution in [2.24, 2.45) is 0 Å². The molecule has 3 rings (SSSR count). The minimum atomic E-state index is 0.265. The van der Waals surface area contributed by atoms with Crippen LogP contribution in [0, 0.1) is 0 Å². The molecule has 0 unspecified atom stereocenters. The van der Waals surface area contributed by atoms with Crippen LogP contribution in [0.3, 0.4) is 0 Å². The quantitative estimate of drug-likeness (QED) is 0.842. The number of carbonyl (C=O) groups is 1. The van der Waals surface area contributed by atoms with Crippen LogP contribution in [0.5, 0.6) is 0 Å². The molecule has 0 saturated heterocycles. The maximum absolute atomic E-state index is 11.4. The van der Waals surface area contributed by atoms with Crippen molar-refractivity contribution in [1.82, 2.24) is 4.98 Å². The van der Waals surface area contributed by atoms with E-state index in [9.17, 15) is 4.79 Å². The zero-order valence-corrected chi connectivity index (χ0v) is 11.5. The highest BCUT2D eigenvalue weighted by Gasteiger charge is 2.12. The summed E-state index contributed by atoms with van der Waals surface area (Å²) in [6, 6.07) is 10.2. The topological polar surface area (TPSA) is 30.0 Å². The fourth-order valence-corrected chi connectivity index (χ4v) is 3.19. The molecule has 0 aliphatic heterocycles. The lowest BCUT2D eigenvalue weighted by atomic mass is 9.97. The number of hydrogen-bond donors (Lipinski definition) is 0. The van der Waals surface area contributed by atoms with Gasteiger partial charge in [-0.2, -0.15) is 0 Å². The molecule has 0 bridgehead atoms. The second-order valence-corrected chi connectivity index (χ2v) is 5.73. The number of aromatic nitrogens is 1. The molecule has 1 aromatic heterocycles. The fraction of sp³-hybridized carbons (Fsp3) is 0.250. The first kappa shape index (κ1) is 12.3. The van der Waals surface area contributed by atoms with E-state index in [1.165, 1.54) is 5.57 Å². The Bertz CT molecular complexity index is 613. The summed E-state index contributed by atoms with van der Waals surface area (Å²) < 4.78 is 0. The third kappa shape index (κ3) is 2.99. The van der Waals surface area contributed by atoms with Crippen molar-refractivity contribution in [2.45, 2.75) is 25.7 Å². The van der Waals surface area contributed by atoms with Gasteiger partial charge in [-0.15, -0.1) is 11.3 Å². The Labute approximate surface area is 116 Å². The predicted molar refractivity (Wildman–Crippen MR) is 78.2 cm³/mol. The van der Waals surface area contributed by atoms with Crippen molar-refractivity contribution < 1.29 is 4.79 Å². The van der Waals surface area contributed by atoms with Crippen molar-refractivity contribution in [3.8, 4) is 11.3 Å². The first-order valence-electron chi connectivity index (χ1n) is 6.53. The van der Waals surface area contributed by atoms with Crippen molar-refractivity contribution >= 4 is 17.1 Å². The van der Waals surface area contributed by atoms with E-state index in [1.54, 1.807) is 11.3 Å². The Morgan fingerprint density at radius 3 is 2.79 bits per heavy atom. The standard InChI is InChI=1S/C16H15NOS/c18-14-8-4-5-12(9-14)10-16-17-15(11-19-16)13-6-2-1-3-7-13/h1-3,6-7,9,11H,4-5,8,10H2. The fourth-order valence-electron chi connectivity index (χ4n) is 2.33. The van der Waals surface area contributed by atoms with Gasteiger partial charge in [-0.25, -0.2) is 4.98 Å². The molecule has 0 saturated carbocycles. The molecule has 0 N–H and O–H groups in total. The lowest BCUT2D eigenvalue weighted by molar-refractivity contribution is -0.115. The van der Waals surface area contributed by atoms with Crippen LogP contribution in [0.15, 0.2) is 47.4 Å². The van der Waals surface area contributed by atoms with Crippen LogP contribution in [0.25, 0.3) is 11.3 Å². The Balaban J connectivity index is 1.77. The minimum Gasteiger partial charge on any atom is -0.295 e. The van der Waals surface area contributed by atoms with E-state index in [1.807, 2.05) is 24.3 Å². The number of benzene rings is 1. The summed E-state index contributed by atoms with van der Waals surface area (Å²) in [5.41, 5.74) is 3.41. The second kappa shape index (κ2) is 5.49. The molecule has 0 radical (unpaired) electrons. The normalized spacial score (nSPS) is 15.4. The Hall–Kier alpha value is -1.74. The van der Waals surface area contributed by atoms with Gasteiger partial charge in [-0.3, -0.25) is 4.79 Å². The number of ketones is 1. The molecule has 2 nitrogen and oxygen atoms in total. The predicted octanol–water partition coefficient (Wildman–Crippen LogP) is 4.03. The second-order valence-electron chi connectivity index (χ2n) is 4.79. The zero-order valence-electron chi connectivity index (χ0n) is 10.6. The van der Waals surface area contributed by atoms with E-state index in [0.717, 1.165) is 35.5 Å². The Kier molecular flexibility index (Phi) is 3.56. The summed E-state index contributed by atoms with van der Waals surface area (Å²) in [7, 11) is 0. The molecule has 3 heteroatoms. The first-order valence-corrected chi connectivity index (χ1v) is 7.41. The number of carbonyl (C=O) groups excluding carboxylic acids is 1. The SMILES string of the molecule is O=C1C=C(Cc2nc(-c3ccccc3)cs2)CCC1. The van der Waals surface area contributed by atoms with Gasteiger partial charge >= 0.3 is 0 Å². The monoisotopic (exact) mass is 269 g/mol. The highest BCUT2D eigenvalue weighted by atomic mass is 32.1. The number of thiazole rings is 1. The van der Waals surface area contributed by atoms with Crippen LogP contribution in [-0.2, 0) is 11.2 Å². The number of nitrogens with zero attached hydrogens (tertiary/aromatic N) is 1. The number of allylic oxidation sites excluding steroid dienone is 2. The minimum absolute atomic E-state index is 0.265. The summed E-state index contributed by atoms with van der Waals surface area (Å²) in [6.45, 7) is 0. The van der Waals surface area contributed by atoms with Gasteiger partial charge in [0.05, 0.1) is 10.7 Å². The lowest BCUT2D eigenvalue weighted by Crippen LogP contribution is -2.04. The van der Waals surface area contributed by atoms with Gasteiger partial charge in [0.1, 0.15) is 0 Å². The molecule has 0 atom stereocenters. The van der Waals surface area contributed by atoms with Crippen LogP contribution >= 0.6 is 11.3 Å². The summed E-state index contributed by atoms with van der Waals surface area (Å²) in [5, 5.41) is 3.19. The summed E-state index contributed by atoms with van der Waals surface area (Å²) in [4.78, 5) is 16.1. The Morgan fingerprint density at radius 1 is 1.16 bits per heavy atom. The van der Waals surface area contributed by atoms with Crippen LogP contribution in [0.1, 0.15) is 24.3 Å². The summed E-state index contributed by atoms with van der Waals surface area (Å²) >= 11 is 1.68. The van der Waals surface area contributed by atoms with Crippen LogP contribution < -0.4 is 0 Å². The third-order valence-corrected chi connectivity index (χ3v) is 4.13. The van der Waals surface area contributed by atoms with E-state index in [4.69, 9.17) is 0 Å². The molecule has 96 valence electrons. The molecule has 0 fully saturated rings. The molecule has 1 aliphatic rings. The van der Waals surface area contributed by atoms with Gasteiger partial charge < -0.3 is 0 Å².